The SMILES string of the molecule is C=C[C@H]1[C@@H]2C[C@@H]([C@H]3OC(C)(C)O[C@@H]23)[C@H]1C(=O)O. The third kappa shape index (κ3) is 1.40. The van der Waals surface area contributed by atoms with Crippen LogP contribution in [0.25, 0.3) is 0 Å². The van der Waals surface area contributed by atoms with Crippen molar-refractivity contribution in [3.05, 3.63) is 12.7 Å². The molecule has 4 nitrogen and oxygen atoms in total. The summed E-state index contributed by atoms with van der Waals surface area (Å²) in [6.07, 6.45) is 2.67. The van der Waals surface area contributed by atoms with Gasteiger partial charge < -0.3 is 14.6 Å². The summed E-state index contributed by atoms with van der Waals surface area (Å²) in [4.78, 5) is 11.4. The zero-order chi connectivity index (χ0) is 12.4. The third-order valence-electron chi connectivity index (χ3n) is 4.48. The Morgan fingerprint density at radius 2 is 1.94 bits per heavy atom. The number of allylic oxidation sites excluding steroid dienone is 1. The quantitative estimate of drug-likeness (QED) is 0.743. The number of carboxylic acids is 1. The largest absolute Gasteiger partial charge is 0.481 e. The fourth-order valence-corrected chi connectivity index (χ4v) is 4.01. The Morgan fingerprint density at radius 3 is 2.47 bits per heavy atom. The molecule has 1 N–H and O–H groups in total. The smallest absolute Gasteiger partial charge is 0.307 e. The third-order valence-corrected chi connectivity index (χ3v) is 4.48. The first-order valence-electron chi connectivity index (χ1n) is 6.15. The summed E-state index contributed by atoms with van der Waals surface area (Å²) in [5.41, 5.74) is 0. The summed E-state index contributed by atoms with van der Waals surface area (Å²) >= 11 is 0. The normalized spacial score (nSPS) is 50.2. The number of hydrogen-bond acceptors (Lipinski definition) is 3. The summed E-state index contributed by atoms with van der Waals surface area (Å²) in [7, 11) is 0. The van der Waals surface area contributed by atoms with Crippen molar-refractivity contribution in [2.45, 2.75) is 38.3 Å². The van der Waals surface area contributed by atoms with Crippen molar-refractivity contribution in [1.82, 2.24) is 0 Å². The van der Waals surface area contributed by atoms with Crippen molar-refractivity contribution in [2.75, 3.05) is 0 Å². The molecular formula is C13H18O4. The van der Waals surface area contributed by atoms with Crippen LogP contribution in [0.2, 0.25) is 0 Å². The van der Waals surface area contributed by atoms with Crippen LogP contribution in [0.4, 0.5) is 0 Å². The summed E-state index contributed by atoms with van der Waals surface area (Å²) in [6.45, 7) is 7.57. The van der Waals surface area contributed by atoms with Crippen molar-refractivity contribution in [2.24, 2.45) is 23.7 Å². The van der Waals surface area contributed by atoms with E-state index in [4.69, 9.17) is 9.47 Å². The highest BCUT2D eigenvalue weighted by Gasteiger charge is 2.65. The Bertz CT molecular complexity index is 376. The molecule has 2 bridgehead atoms. The number of ether oxygens (including phenoxy) is 2. The van der Waals surface area contributed by atoms with Gasteiger partial charge in [-0.25, -0.2) is 0 Å². The molecule has 0 radical (unpaired) electrons. The van der Waals surface area contributed by atoms with Gasteiger partial charge in [-0.05, 0) is 32.1 Å². The maximum absolute atomic E-state index is 11.4. The van der Waals surface area contributed by atoms with Crippen LogP contribution in [0.3, 0.4) is 0 Å². The van der Waals surface area contributed by atoms with Crippen molar-refractivity contribution >= 4 is 5.97 Å². The molecule has 3 aliphatic rings. The second-order valence-corrected chi connectivity index (χ2v) is 5.81. The molecule has 4 heteroatoms. The van der Waals surface area contributed by atoms with Crippen molar-refractivity contribution in [3.8, 4) is 0 Å². The average molecular weight is 238 g/mol. The van der Waals surface area contributed by atoms with E-state index in [0.717, 1.165) is 6.42 Å². The van der Waals surface area contributed by atoms with E-state index in [2.05, 4.69) is 6.58 Å². The van der Waals surface area contributed by atoms with Gasteiger partial charge in [-0.2, -0.15) is 0 Å². The van der Waals surface area contributed by atoms with Crippen LogP contribution in [-0.4, -0.2) is 29.1 Å². The van der Waals surface area contributed by atoms with Crippen LogP contribution >= 0.6 is 0 Å². The summed E-state index contributed by atoms with van der Waals surface area (Å²) in [5, 5.41) is 9.34. The van der Waals surface area contributed by atoms with Gasteiger partial charge in [-0.15, -0.1) is 6.58 Å². The maximum Gasteiger partial charge on any atom is 0.307 e. The van der Waals surface area contributed by atoms with Gasteiger partial charge in [0.2, 0.25) is 0 Å². The standard InChI is InChI=1S/C13H18O4/c1-4-6-7-5-8(9(6)12(14)15)11-10(7)16-13(2,3)17-11/h4,6-11H,1,5H2,2-3H3,(H,14,15)/t6-,7-,8+,9-,10-,11+/m0/s1. The highest BCUT2D eigenvalue weighted by molar-refractivity contribution is 5.72. The molecule has 6 atom stereocenters. The molecule has 3 fully saturated rings. The molecule has 0 aromatic carbocycles. The topological polar surface area (TPSA) is 55.8 Å². The van der Waals surface area contributed by atoms with E-state index in [9.17, 15) is 9.90 Å². The number of carboxylic acid groups (broad SMARTS) is 1. The van der Waals surface area contributed by atoms with E-state index in [0.29, 0.717) is 0 Å². The zero-order valence-electron chi connectivity index (χ0n) is 10.1. The highest BCUT2D eigenvalue weighted by Crippen LogP contribution is 2.58. The second-order valence-electron chi connectivity index (χ2n) is 5.81. The number of rotatable bonds is 2. The zero-order valence-corrected chi connectivity index (χ0v) is 10.1. The molecule has 0 aromatic rings. The van der Waals surface area contributed by atoms with Crippen LogP contribution < -0.4 is 0 Å². The predicted molar refractivity (Wildman–Crippen MR) is 60.2 cm³/mol. The van der Waals surface area contributed by atoms with Crippen LogP contribution in [-0.2, 0) is 14.3 Å². The Balaban J connectivity index is 1.92. The minimum absolute atomic E-state index is 0.0243. The van der Waals surface area contributed by atoms with Gasteiger partial charge in [0.15, 0.2) is 5.79 Å². The lowest BCUT2D eigenvalue weighted by molar-refractivity contribution is -0.160. The molecular weight excluding hydrogens is 220 g/mol. The first kappa shape index (κ1) is 11.2. The summed E-state index contributed by atoms with van der Waals surface area (Å²) in [5.74, 6) is -1.30. The molecule has 94 valence electrons. The summed E-state index contributed by atoms with van der Waals surface area (Å²) in [6, 6.07) is 0. The molecule has 1 heterocycles. The van der Waals surface area contributed by atoms with E-state index >= 15 is 0 Å². The Labute approximate surface area is 101 Å². The first-order valence-corrected chi connectivity index (χ1v) is 6.15. The van der Waals surface area contributed by atoms with Gasteiger partial charge >= 0.3 is 5.97 Å². The molecule has 2 aliphatic carbocycles. The lowest BCUT2D eigenvalue weighted by Crippen LogP contribution is -2.42. The van der Waals surface area contributed by atoms with Crippen molar-refractivity contribution in [3.63, 3.8) is 0 Å². The molecule has 0 spiro atoms. The van der Waals surface area contributed by atoms with Gasteiger partial charge in [0, 0.05) is 5.92 Å². The first-order chi connectivity index (χ1) is 7.94. The summed E-state index contributed by atoms with van der Waals surface area (Å²) < 4.78 is 11.8. The lowest BCUT2D eigenvalue weighted by atomic mass is 9.76. The van der Waals surface area contributed by atoms with E-state index < -0.39 is 11.8 Å². The number of hydrogen-bond donors (Lipinski definition) is 1. The molecule has 1 saturated heterocycles. The molecule has 17 heavy (non-hydrogen) atoms. The van der Waals surface area contributed by atoms with Gasteiger partial charge in [0.05, 0.1) is 18.1 Å². The average Bonchev–Trinajstić information content (AvgIpc) is 2.82. The van der Waals surface area contributed by atoms with Gasteiger partial charge in [-0.1, -0.05) is 6.08 Å². The van der Waals surface area contributed by atoms with Crippen molar-refractivity contribution in [1.29, 1.82) is 0 Å². The minimum Gasteiger partial charge on any atom is -0.481 e. The number of fused-ring (bicyclic) bond motifs is 5. The number of carbonyl (C=O) groups is 1. The van der Waals surface area contributed by atoms with E-state index in [1.807, 2.05) is 13.8 Å². The second kappa shape index (κ2) is 3.33. The fourth-order valence-electron chi connectivity index (χ4n) is 4.01. The molecule has 2 saturated carbocycles. The van der Waals surface area contributed by atoms with Crippen LogP contribution in [0.15, 0.2) is 12.7 Å². The van der Waals surface area contributed by atoms with Crippen molar-refractivity contribution < 1.29 is 19.4 Å². The molecule has 0 amide bonds. The Hall–Kier alpha value is -0.870. The molecule has 0 aromatic heterocycles. The van der Waals surface area contributed by atoms with E-state index in [1.54, 1.807) is 6.08 Å². The van der Waals surface area contributed by atoms with Crippen LogP contribution in [0.1, 0.15) is 20.3 Å². The van der Waals surface area contributed by atoms with Gasteiger partial charge in [0.25, 0.3) is 0 Å². The van der Waals surface area contributed by atoms with Gasteiger partial charge in [-0.3, -0.25) is 4.79 Å². The van der Waals surface area contributed by atoms with Crippen LogP contribution in [0, 0.1) is 23.7 Å². The molecule has 1 aliphatic heterocycles. The Morgan fingerprint density at radius 1 is 1.35 bits per heavy atom. The van der Waals surface area contributed by atoms with E-state index in [-0.39, 0.29) is 35.9 Å². The van der Waals surface area contributed by atoms with E-state index in [1.165, 1.54) is 0 Å². The monoisotopic (exact) mass is 238 g/mol. The van der Waals surface area contributed by atoms with Crippen LogP contribution in [0.5, 0.6) is 0 Å². The number of aliphatic carboxylic acids is 1. The molecule has 0 unspecified atom stereocenters. The predicted octanol–water partition coefficient (Wildman–Crippen LogP) is 1.66. The lowest BCUT2D eigenvalue weighted by Gasteiger charge is -2.32. The minimum atomic E-state index is -0.728. The fraction of sp³-hybridized carbons (Fsp3) is 0.769. The maximum atomic E-state index is 11.4. The highest BCUT2D eigenvalue weighted by atomic mass is 16.8. The Kier molecular flexibility index (Phi) is 2.20. The molecule has 3 rings (SSSR count). The van der Waals surface area contributed by atoms with Gasteiger partial charge in [0.1, 0.15) is 0 Å².